The highest BCUT2D eigenvalue weighted by Crippen LogP contribution is 2.35. The van der Waals surface area contributed by atoms with Crippen LogP contribution >= 0.6 is 11.3 Å². The van der Waals surface area contributed by atoms with Gasteiger partial charge in [-0.2, -0.15) is 0 Å². The van der Waals surface area contributed by atoms with Crippen LogP contribution in [0.15, 0.2) is 29.1 Å². The minimum absolute atomic E-state index is 0.0201. The van der Waals surface area contributed by atoms with Gasteiger partial charge in [0.1, 0.15) is 5.75 Å². The van der Waals surface area contributed by atoms with Crippen LogP contribution in [0.3, 0.4) is 0 Å². The Hall–Kier alpha value is -2.21. The Kier molecular flexibility index (Phi) is 5.25. The first kappa shape index (κ1) is 18.2. The van der Waals surface area contributed by atoms with Crippen molar-refractivity contribution in [2.45, 2.75) is 52.5 Å². The molecule has 1 unspecified atom stereocenters. The zero-order chi connectivity index (χ0) is 18.8. The van der Waals surface area contributed by atoms with Gasteiger partial charge in [-0.15, -0.1) is 16.4 Å². The third kappa shape index (κ3) is 3.90. The zero-order valence-electron chi connectivity index (χ0n) is 15.9. The van der Waals surface area contributed by atoms with Gasteiger partial charge in [0.05, 0.1) is 12.0 Å². The van der Waals surface area contributed by atoms with Gasteiger partial charge in [-0.3, -0.25) is 4.79 Å². The van der Waals surface area contributed by atoms with E-state index in [9.17, 15) is 4.79 Å². The van der Waals surface area contributed by atoms with Crippen LogP contribution in [-0.4, -0.2) is 21.6 Å². The SMILES string of the molecule is Cc1cccc(OCCCCn2nnc3sc4c(c3c2=O)CCC(C)C4)c1. The molecular formula is C21H25N3O2S. The first-order valence-corrected chi connectivity index (χ1v) is 10.5. The van der Waals surface area contributed by atoms with E-state index in [1.807, 2.05) is 18.2 Å². The Morgan fingerprint density at radius 2 is 2.22 bits per heavy atom. The number of nitrogens with zero attached hydrogens (tertiary/aromatic N) is 3. The van der Waals surface area contributed by atoms with Crippen LogP contribution < -0.4 is 10.3 Å². The lowest BCUT2D eigenvalue weighted by Crippen LogP contribution is -2.25. The highest BCUT2D eigenvalue weighted by Gasteiger charge is 2.23. The molecule has 5 nitrogen and oxygen atoms in total. The fourth-order valence-corrected chi connectivity index (χ4v) is 5.02. The molecule has 0 aliphatic heterocycles. The molecule has 1 aliphatic rings. The van der Waals surface area contributed by atoms with Crippen LogP contribution in [-0.2, 0) is 19.4 Å². The van der Waals surface area contributed by atoms with Gasteiger partial charge < -0.3 is 4.74 Å². The summed E-state index contributed by atoms with van der Waals surface area (Å²) in [6.45, 7) is 5.55. The van der Waals surface area contributed by atoms with E-state index in [4.69, 9.17) is 4.74 Å². The summed E-state index contributed by atoms with van der Waals surface area (Å²) in [5.41, 5.74) is 2.44. The molecule has 3 aromatic rings. The molecule has 0 bridgehead atoms. The number of fused-ring (bicyclic) bond motifs is 3. The first-order chi connectivity index (χ1) is 13.1. The lowest BCUT2D eigenvalue weighted by atomic mass is 9.89. The van der Waals surface area contributed by atoms with E-state index in [1.54, 1.807) is 11.3 Å². The Labute approximate surface area is 163 Å². The molecule has 1 atom stereocenters. The molecule has 1 aliphatic carbocycles. The highest BCUT2D eigenvalue weighted by atomic mass is 32.1. The van der Waals surface area contributed by atoms with Crippen molar-refractivity contribution in [1.82, 2.24) is 15.0 Å². The molecule has 142 valence electrons. The van der Waals surface area contributed by atoms with Crippen LogP contribution in [0.5, 0.6) is 5.75 Å². The lowest BCUT2D eigenvalue weighted by molar-refractivity contribution is 0.300. The van der Waals surface area contributed by atoms with Gasteiger partial charge in [-0.25, -0.2) is 4.68 Å². The zero-order valence-corrected chi connectivity index (χ0v) is 16.7. The number of hydrogen-bond acceptors (Lipinski definition) is 5. The number of aryl methyl sites for hydroxylation is 3. The predicted molar refractivity (Wildman–Crippen MR) is 109 cm³/mol. The summed E-state index contributed by atoms with van der Waals surface area (Å²) >= 11 is 1.65. The monoisotopic (exact) mass is 383 g/mol. The average Bonchev–Trinajstić information content (AvgIpc) is 3.01. The normalized spacial score (nSPS) is 16.4. The Morgan fingerprint density at radius 3 is 3.07 bits per heavy atom. The Balaban J connectivity index is 1.39. The number of unbranched alkanes of at least 4 members (excludes halogenated alkanes) is 1. The minimum Gasteiger partial charge on any atom is -0.494 e. The van der Waals surface area contributed by atoms with Gasteiger partial charge in [0, 0.05) is 11.4 Å². The van der Waals surface area contributed by atoms with Crippen molar-refractivity contribution in [3.8, 4) is 5.75 Å². The van der Waals surface area contributed by atoms with Crippen molar-refractivity contribution in [1.29, 1.82) is 0 Å². The largest absolute Gasteiger partial charge is 0.494 e. The van der Waals surface area contributed by atoms with E-state index in [1.165, 1.54) is 20.7 Å². The molecule has 4 rings (SSSR count). The molecule has 27 heavy (non-hydrogen) atoms. The predicted octanol–water partition coefficient (Wildman–Crippen LogP) is 4.15. The smallest absolute Gasteiger partial charge is 0.278 e. The maximum atomic E-state index is 12.9. The Bertz CT molecular complexity index is 1010. The van der Waals surface area contributed by atoms with Crippen LogP contribution in [0.1, 0.15) is 42.2 Å². The quantitative estimate of drug-likeness (QED) is 0.600. The van der Waals surface area contributed by atoms with Gasteiger partial charge in [-0.05, 0) is 68.2 Å². The summed E-state index contributed by atoms with van der Waals surface area (Å²) in [4.78, 5) is 15.0. The summed E-state index contributed by atoms with van der Waals surface area (Å²) in [5, 5.41) is 9.30. The highest BCUT2D eigenvalue weighted by molar-refractivity contribution is 7.18. The summed E-state index contributed by atoms with van der Waals surface area (Å²) in [7, 11) is 0. The molecule has 0 radical (unpaired) electrons. The number of rotatable bonds is 6. The van der Waals surface area contributed by atoms with Crippen molar-refractivity contribution in [3.05, 3.63) is 50.6 Å². The van der Waals surface area contributed by atoms with E-state index >= 15 is 0 Å². The lowest BCUT2D eigenvalue weighted by Gasteiger charge is -2.17. The fraction of sp³-hybridized carbons (Fsp3) is 0.476. The minimum atomic E-state index is 0.0201. The van der Waals surface area contributed by atoms with Gasteiger partial charge >= 0.3 is 0 Å². The van der Waals surface area contributed by atoms with Crippen LogP contribution in [0, 0.1) is 12.8 Å². The van der Waals surface area contributed by atoms with Gasteiger partial charge in [0.25, 0.3) is 5.56 Å². The molecule has 0 saturated carbocycles. The van der Waals surface area contributed by atoms with Crippen molar-refractivity contribution < 1.29 is 4.74 Å². The van der Waals surface area contributed by atoms with Crippen molar-refractivity contribution in [2.75, 3.05) is 6.61 Å². The number of benzene rings is 1. The maximum Gasteiger partial charge on any atom is 0.278 e. The van der Waals surface area contributed by atoms with Gasteiger partial charge in [0.2, 0.25) is 0 Å². The second-order valence-electron chi connectivity index (χ2n) is 7.52. The number of ether oxygens (including phenoxy) is 1. The van der Waals surface area contributed by atoms with Crippen molar-refractivity contribution >= 4 is 21.6 Å². The number of aromatic nitrogens is 3. The molecule has 2 aromatic heterocycles. The van der Waals surface area contributed by atoms with Crippen LogP contribution in [0.25, 0.3) is 10.2 Å². The topological polar surface area (TPSA) is 57.0 Å². The molecule has 1 aromatic carbocycles. The van der Waals surface area contributed by atoms with Crippen molar-refractivity contribution in [3.63, 3.8) is 0 Å². The third-order valence-electron chi connectivity index (χ3n) is 5.21. The molecule has 0 spiro atoms. The fourth-order valence-electron chi connectivity index (χ4n) is 3.70. The average molecular weight is 384 g/mol. The van der Waals surface area contributed by atoms with E-state index in [0.29, 0.717) is 19.1 Å². The molecule has 0 N–H and O–H groups in total. The van der Waals surface area contributed by atoms with E-state index in [-0.39, 0.29) is 5.56 Å². The Morgan fingerprint density at radius 1 is 1.33 bits per heavy atom. The van der Waals surface area contributed by atoms with E-state index < -0.39 is 0 Å². The van der Waals surface area contributed by atoms with Crippen molar-refractivity contribution in [2.24, 2.45) is 5.92 Å². The molecule has 0 amide bonds. The molecule has 6 heteroatoms. The van der Waals surface area contributed by atoms with Gasteiger partial charge in [-0.1, -0.05) is 24.3 Å². The second-order valence-corrected chi connectivity index (χ2v) is 8.61. The second kappa shape index (κ2) is 7.80. The molecular weight excluding hydrogens is 358 g/mol. The van der Waals surface area contributed by atoms with Crippen LogP contribution in [0.4, 0.5) is 0 Å². The third-order valence-corrected chi connectivity index (χ3v) is 6.35. The standard InChI is InChI=1S/C21H25N3O2S/c1-14-6-5-7-16(12-14)26-11-4-3-10-24-21(25)19-17-9-8-15(2)13-18(17)27-20(19)22-23-24/h5-7,12,15H,3-4,8-11,13H2,1-2H3. The molecule has 0 saturated heterocycles. The van der Waals surface area contributed by atoms with E-state index in [0.717, 1.165) is 48.1 Å². The number of thiophene rings is 1. The summed E-state index contributed by atoms with van der Waals surface area (Å²) in [6, 6.07) is 8.05. The molecule has 0 fully saturated rings. The summed E-state index contributed by atoms with van der Waals surface area (Å²) in [6.07, 6.45) is 4.92. The molecule has 2 heterocycles. The maximum absolute atomic E-state index is 12.9. The first-order valence-electron chi connectivity index (χ1n) is 9.69. The van der Waals surface area contributed by atoms with Gasteiger partial charge in [0.15, 0.2) is 4.83 Å². The van der Waals surface area contributed by atoms with E-state index in [2.05, 4.69) is 30.2 Å². The number of hydrogen-bond donors (Lipinski definition) is 0. The summed E-state index contributed by atoms with van der Waals surface area (Å²) < 4.78 is 7.30. The van der Waals surface area contributed by atoms with Crippen LogP contribution in [0.2, 0.25) is 0 Å². The summed E-state index contributed by atoms with van der Waals surface area (Å²) in [5.74, 6) is 1.58.